The molecule has 0 aromatic heterocycles. The zero-order chi connectivity index (χ0) is 16.5. The maximum absolute atomic E-state index is 12.6. The zero-order valence-corrected chi connectivity index (χ0v) is 13.2. The first-order valence-corrected chi connectivity index (χ1v) is 7.85. The van der Waals surface area contributed by atoms with Crippen LogP contribution in [0.15, 0.2) is 73.3 Å². The smallest absolute Gasteiger partial charge is 0.224 e. The van der Waals surface area contributed by atoms with Crippen LogP contribution in [-0.2, 0) is 11.2 Å². The lowest BCUT2D eigenvalue weighted by Crippen LogP contribution is -2.36. The molecule has 120 valence electrons. The van der Waals surface area contributed by atoms with Crippen LogP contribution in [0.3, 0.4) is 0 Å². The molecule has 0 unspecified atom stereocenters. The number of rotatable bonds is 8. The number of aliphatic hydroxyl groups is 1. The van der Waals surface area contributed by atoms with Crippen molar-refractivity contribution in [3.05, 3.63) is 84.4 Å². The first kappa shape index (κ1) is 17.0. The van der Waals surface area contributed by atoms with E-state index in [9.17, 15) is 9.90 Å². The lowest BCUT2D eigenvalue weighted by Gasteiger charge is -2.21. The van der Waals surface area contributed by atoms with Crippen LogP contribution in [0.5, 0.6) is 0 Å². The van der Waals surface area contributed by atoms with Gasteiger partial charge in [0.05, 0.1) is 12.6 Å². The molecule has 3 heteroatoms. The lowest BCUT2D eigenvalue weighted by molar-refractivity contribution is -0.126. The lowest BCUT2D eigenvalue weighted by atomic mass is 9.94. The molecule has 0 radical (unpaired) electrons. The number of hydrogen-bond acceptors (Lipinski definition) is 2. The van der Waals surface area contributed by atoms with Crippen LogP contribution < -0.4 is 5.32 Å². The standard InChI is InChI=1S/C20H23NO2/c1-2-9-18(14-16-10-5-3-6-11-16)20(23)21-19(15-22)17-12-7-4-8-13-17/h2-8,10-13,18-19,22H,1,9,14-15H2,(H,21,23)/t18-,19+/m0/s1. The van der Waals surface area contributed by atoms with Gasteiger partial charge in [-0.25, -0.2) is 0 Å². The van der Waals surface area contributed by atoms with Crippen molar-refractivity contribution in [3.63, 3.8) is 0 Å². The summed E-state index contributed by atoms with van der Waals surface area (Å²) in [6.07, 6.45) is 3.03. The summed E-state index contributed by atoms with van der Waals surface area (Å²) in [6.45, 7) is 3.63. The first-order chi connectivity index (χ1) is 11.2. The van der Waals surface area contributed by atoms with Gasteiger partial charge in [0.2, 0.25) is 5.91 Å². The maximum atomic E-state index is 12.6. The first-order valence-electron chi connectivity index (χ1n) is 7.85. The number of allylic oxidation sites excluding steroid dienone is 1. The van der Waals surface area contributed by atoms with Gasteiger partial charge in [0.25, 0.3) is 0 Å². The largest absolute Gasteiger partial charge is 0.394 e. The Hall–Kier alpha value is -2.39. The van der Waals surface area contributed by atoms with Gasteiger partial charge >= 0.3 is 0 Å². The van der Waals surface area contributed by atoms with E-state index in [1.807, 2.05) is 60.7 Å². The van der Waals surface area contributed by atoms with Crippen molar-refractivity contribution in [2.24, 2.45) is 5.92 Å². The predicted octanol–water partition coefficient (Wildman–Crippen LogP) is 3.27. The van der Waals surface area contributed by atoms with Crippen LogP contribution >= 0.6 is 0 Å². The topological polar surface area (TPSA) is 49.3 Å². The fraction of sp³-hybridized carbons (Fsp3) is 0.250. The minimum Gasteiger partial charge on any atom is -0.394 e. The monoisotopic (exact) mass is 309 g/mol. The molecule has 0 spiro atoms. The number of amides is 1. The van der Waals surface area contributed by atoms with Gasteiger partial charge in [0.1, 0.15) is 0 Å². The molecule has 0 saturated heterocycles. The number of hydrogen-bond donors (Lipinski definition) is 2. The minimum absolute atomic E-state index is 0.0587. The van der Waals surface area contributed by atoms with Gasteiger partial charge in [-0.15, -0.1) is 6.58 Å². The second-order valence-corrected chi connectivity index (χ2v) is 5.57. The molecule has 0 aliphatic carbocycles. The van der Waals surface area contributed by atoms with E-state index in [-0.39, 0.29) is 24.5 Å². The molecule has 0 aliphatic heterocycles. The molecule has 0 fully saturated rings. The Morgan fingerprint density at radius 2 is 1.70 bits per heavy atom. The van der Waals surface area contributed by atoms with Crippen LogP contribution in [-0.4, -0.2) is 17.6 Å². The Morgan fingerprint density at radius 3 is 2.26 bits per heavy atom. The average Bonchev–Trinajstić information content (AvgIpc) is 2.60. The molecule has 0 aliphatic rings. The maximum Gasteiger partial charge on any atom is 0.224 e. The third-order valence-electron chi connectivity index (χ3n) is 3.85. The normalized spacial score (nSPS) is 13.1. The summed E-state index contributed by atoms with van der Waals surface area (Å²) in [5.41, 5.74) is 2.02. The Morgan fingerprint density at radius 1 is 1.09 bits per heavy atom. The SMILES string of the molecule is C=CC[C@@H](Cc1ccccc1)C(=O)N[C@H](CO)c1ccccc1. The van der Waals surface area contributed by atoms with Crippen LogP contribution in [0.4, 0.5) is 0 Å². The summed E-state index contributed by atoms with van der Waals surface area (Å²) >= 11 is 0. The molecular weight excluding hydrogens is 286 g/mol. The number of benzene rings is 2. The summed E-state index contributed by atoms with van der Waals surface area (Å²) in [4.78, 5) is 12.6. The molecule has 2 aromatic rings. The second kappa shape index (κ2) is 8.91. The van der Waals surface area contributed by atoms with E-state index in [1.54, 1.807) is 6.08 Å². The minimum atomic E-state index is -0.383. The summed E-state index contributed by atoms with van der Waals surface area (Å²) in [7, 11) is 0. The molecule has 23 heavy (non-hydrogen) atoms. The average molecular weight is 309 g/mol. The van der Waals surface area contributed by atoms with E-state index in [0.29, 0.717) is 12.8 Å². The van der Waals surface area contributed by atoms with Crippen molar-refractivity contribution in [2.75, 3.05) is 6.61 Å². The molecule has 1 amide bonds. The van der Waals surface area contributed by atoms with Crippen molar-refractivity contribution in [3.8, 4) is 0 Å². The Bertz CT molecular complexity index is 610. The fourth-order valence-corrected chi connectivity index (χ4v) is 2.59. The van der Waals surface area contributed by atoms with Crippen molar-refractivity contribution < 1.29 is 9.90 Å². The molecule has 2 rings (SSSR count). The van der Waals surface area contributed by atoms with E-state index in [1.165, 1.54) is 0 Å². The second-order valence-electron chi connectivity index (χ2n) is 5.57. The Kier molecular flexibility index (Phi) is 6.57. The van der Waals surface area contributed by atoms with Crippen LogP contribution in [0.2, 0.25) is 0 Å². The highest BCUT2D eigenvalue weighted by molar-refractivity contribution is 5.79. The molecular formula is C20H23NO2. The van der Waals surface area contributed by atoms with Gasteiger partial charge in [-0.3, -0.25) is 4.79 Å². The van der Waals surface area contributed by atoms with Crippen LogP contribution in [0.25, 0.3) is 0 Å². The molecule has 0 bridgehead atoms. The summed E-state index contributed by atoms with van der Waals surface area (Å²) < 4.78 is 0. The van der Waals surface area contributed by atoms with Gasteiger partial charge in [0.15, 0.2) is 0 Å². The zero-order valence-electron chi connectivity index (χ0n) is 13.2. The highest BCUT2D eigenvalue weighted by Gasteiger charge is 2.21. The third-order valence-corrected chi connectivity index (χ3v) is 3.85. The van der Waals surface area contributed by atoms with Crippen molar-refractivity contribution in [2.45, 2.75) is 18.9 Å². The molecule has 0 heterocycles. The van der Waals surface area contributed by atoms with Crippen molar-refractivity contribution in [1.29, 1.82) is 0 Å². The van der Waals surface area contributed by atoms with E-state index in [4.69, 9.17) is 0 Å². The highest BCUT2D eigenvalue weighted by Crippen LogP contribution is 2.17. The molecule has 2 N–H and O–H groups in total. The summed E-state index contributed by atoms with van der Waals surface area (Å²) in [5, 5.41) is 12.5. The van der Waals surface area contributed by atoms with Crippen molar-refractivity contribution in [1.82, 2.24) is 5.32 Å². The summed E-state index contributed by atoms with van der Waals surface area (Å²) in [5.74, 6) is -0.246. The number of carbonyl (C=O) groups excluding carboxylic acids is 1. The van der Waals surface area contributed by atoms with E-state index >= 15 is 0 Å². The van der Waals surface area contributed by atoms with Crippen LogP contribution in [0.1, 0.15) is 23.6 Å². The van der Waals surface area contributed by atoms with Gasteiger partial charge < -0.3 is 10.4 Å². The number of carbonyl (C=O) groups is 1. The molecule has 2 atom stereocenters. The highest BCUT2D eigenvalue weighted by atomic mass is 16.3. The van der Waals surface area contributed by atoms with E-state index in [0.717, 1.165) is 11.1 Å². The van der Waals surface area contributed by atoms with Gasteiger partial charge in [-0.1, -0.05) is 66.7 Å². The molecule has 2 aromatic carbocycles. The third kappa shape index (κ3) is 5.08. The van der Waals surface area contributed by atoms with Gasteiger partial charge in [-0.2, -0.15) is 0 Å². The quantitative estimate of drug-likeness (QED) is 0.735. The van der Waals surface area contributed by atoms with E-state index in [2.05, 4.69) is 11.9 Å². The Balaban J connectivity index is 2.06. The van der Waals surface area contributed by atoms with Crippen molar-refractivity contribution >= 4 is 5.91 Å². The van der Waals surface area contributed by atoms with E-state index < -0.39 is 0 Å². The van der Waals surface area contributed by atoms with Crippen LogP contribution in [0, 0.1) is 5.92 Å². The Labute approximate surface area is 137 Å². The van der Waals surface area contributed by atoms with Gasteiger partial charge in [-0.05, 0) is 24.0 Å². The predicted molar refractivity (Wildman–Crippen MR) is 92.9 cm³/mol. The van der Waals surface area contributed by atoms with Gasteiger partial charge in [0, 0.05) is 5.92 Å². The molecule has 3 nitrogen and oxygen atoms in total. The summed E-state index contributed by atoms with van der Waals surface area (Å²) in [6, 6.07) is 19.1. The number of nitrogens with one attached hydrogen (secondary N) is 1. The fourth-order valence-electron chi connectivity index (χ4n) is 2.59. The molecule has 0 saturated carbocycles. The number of aliphatic hydroxyl groups excluding tert-OH is 1.